The van der Waals surface area contributed by atoms with E-state index in [0.29, 0.717) is 16.1 Å². The first-order valence-electron chi connectivity index (χ1n) is 10.5. The molecule has 0 unspecified atom stereocenters. The first kappa shape index (κ1) is 26.7. The van der Waals surface area contributed by atoms with E-state index >= 15 is 0 Å². The number of aliphatic carboxylic acids is 2. The second-order valence-corrected chi connectivity index (χ2v) is 8.80. The van der Waals surface area contributed by atoms with Crippen molar-refractivity contribution in [3.8, 4) is 5.75 Å². The number of amides is 2. The zero-order chi connectivity index (χ0) is 25.5. The van der Waals surface area contributed by atoms with E-state index in [0.717, 1.165) is 0 Å². The van der Waals surface area contributed by atoms with Crippen molar-refractivity contribution < 1.29 is 34.5 Å². The number of aromatic hydroxyl groups is 1. The van der Waals surface area contributed by atoms with Gasteiger partial charge in [-0.2, -0.15) is 0 Å². The molecule has 0 saturated heterocycles. The Balaban J connectivity index is 2.27. The van der Waals surface area contributed by atoms with E-state index in [-0.39, 0.29) is 18.6 Å². The molecule has 0 bridgehead atoms. The molecule has 0 saturated carbocycles. The first-order chi connectivity index (χ1) is 15.9. The summed E-state index contributed by atoms with van der Waals surface area (Å²) in [5.74, 6) is -3.81. The molecule has 2 aromatic carbocycles. The quantitative estimate of drug-likeness (QED) is 0.324. The number of rotatable bonds is 11. The summed E-state index contributed by atoms with van der Waals surface area (Å²) < 4.78 is 0. The van der Waals surface area contributed by atoms with Crippen LogP contribution in [0.25, 0.3) is 0 Å². The molecule has 0 aliphatic rings. The van der Waals surface area contributed by atoms with Crippen molar-refractivity contribution >= 4 is 35.4 Å². The highest BCUT2D eigenvalue weighted by atomic mass is 35.5. The van der Waals surface area contributed by atoms with Crippen molar-refractivity contribution in [2.45, 2.75) is 50.6 Å². The standard InChI is InChI=1S/C24H27ClN2O7/c1-24(2,15-5-7-16(25)8-6-15)23(34)27-19(13-14-3-9-17(28)10-4-14)21(31)26-18(22(32)33)11-12-20(29)30/h3-10,18-19,28H,11-13H2,1-2H3,(H,26,31)(H,27,34)(H,29,30)(H,32,33)/t18-,19+/m1/s1. The Morgan fingerprint density at radius 2 is 1.50 bits per heavy atom. The molecule has 2 aromatic rings. The molecule has 0 fully saturated rings. The predicted octanol–water partition coefficient (Wildman–Crippen LogP) is 2.48. The van der Waals surface area contributed by atoms with Gasteiger partial charge in [0.05, 0.1) is 5.41 Å². The van der Waals surface area contributed by atoms with Gasteiger partial charge in [-0.25, -0.2) is 4.79 Å². The largest absolute Gasteiger partial charge is 0.508 e. The summed E-state index contributed by atoms with van der Waals surface area (Å²) >= 11 is 5.93. The van der Waals surface area contributed by atoms with E-state index in [1.54, 1.807) is 50.2 Å². The number of benzene rings is 2. The van der Waals surface area contributed by atoms with Gasteiger partial charge in [-0.1, -0.05) is 35.9 Å². The number of carboxylic acids is 2. The van der Waals surface area contributed by atoms with E-state index < -0.39 is 47.7 Å². The highest BCUT2D eigenvalue weighted by Crippen LogP contribution is 2.25. The van der Waals surface area contributed by atoms with Gasteiger partial charge in [-0.05, 0) is 55.7 Å². The lowest BCUT2D eigenvalue weighted by Gasteiger charge is -2.28. The molecule has 2 atom stereocenters. The van der Waals surface area contributed by atoms with Crippen LogP contribution in [0.5, 0.6) is 5.75 Å². The van der Waals surface area contributed by atoms with Crippen molar-refractivity contribution in [2.24, 2.45) is 0 Å². The van der Waals surface area contributed by atoms with Gasteiger partial charge in [0.1, 0.15) is 17.8 Å². The van der Waals surface area contributed by atoms with Gasteiger partial charge in [0.2, 0.25) is 11.8 Å². The molecule has 2 rings (SSSR count). The summed E-state index contributed by atoms with van der Waals surface area (Å²) in [4.78, 5) is 48.6. The lowest BCUT2D eigenvalue weighted by molar-refractivity contribution is -0.143. The Morgan fingerprint density at radius 1 is 0.912 bits per heavy atom. The van der Waals surface area contributed by atoms with Crippen molar-refractivity contribution in [1.29, 1.82) is 0 Å². The fourth-order valence-electron chi connectivity index (χ4n) is 3.21. The number of carboxylic acid groups (broad SMARTS) is 2. The smallest absolute Gasteiger partial charge is 0.326 e. The summed E-state index contributed by atoms with van der Waals surface area (Å²) in [6, 6.07) is 10.1. The van der Waals surface area contributed by atoms with Crippen molar-refractivity contribution in [3.05, 3.63) is 64.7 Å². The van der Waals surface area contributed by atoms with E-state index in [1.807, 2.05) is 0 Å². The number of hydrogen-bond acceptors (Lipinski definition) is 5. The fraction of sp³-hybridized carbons (Fsp3) is 0.333. The Morgan fingerprint density at radius 3 is 2.03 bits per heavy atom. The maximum Gasteiger partial charge on any atom is 0.326 e. The summed E-state index contributed by atoms with van der Waals surface area (Å²) in [5.41, 5.74) is 0.219. The summed E-state index contributed by atoms with van der Waals surface area (Å²) in [5, 5.41) is 33.3. The maximum atomic E-state index is 13.2. The van der Waals surface area contributed by atoms with Crippen LogP contribution in [-0.2, 0) is 31.0 Å². The third-order valence-electron chi connectivity index (χ3n) is 5.39. The Kier molecular flexibility index (Phi) is 9.03. The maximum absolute atomic E-state index is 13.2. The van der Waals surface area contributed by atoms with Gasteiger partial charge < -0.3 is 26.0 Å². The van der Waals surface area contributed by atoms with Crippen LogP contribution in [0.1, 0.15) is 37.8 Å². The van der Waals surface area contributed by atoms with E-state index in [9.17, 15) is 29.4 Å². The zero-order valence-electron chi connectivity index (χ0n) is 18.7. The minimum atomic E-state index is -1.44. The molecular weight excluding hydrogens is 464 g/mol. The topological polar surface area (TPSA) is 153 Å². The van der Waals surface area contributed by atoms with Crippen LogP contribution < -0.4 is 10.6 Å². The highest BCUT2D eigenvalue weighted by molar-refractivity contribution is 6.30. The van der Waals surface area contributed by atoms with Crippen LogP contribution in [-0.4, -0.2) is 51.2 Å². The van der Waals surface area contributed by atoms with E-state index in [1.165, 1.54) is 12.1 Å². The number of hydrogen-bond donors (Lipinski definition) is 5. The SMILES string of the molecule is CC(C)(C(=O)N[C@@H](Cc1ccc(O)cc1)C(=O)N[C@H](CCC(=O)O)C(=O)O)c1ccc(Cl)cc1. The third kappa shape index (κ3) is 7.48. The van der Waals surface area contributed by atoms with Crippen molar-refractivity contribution in [3.63, 3.8) is 0 Å². The molecule has 0 spiro atoms. The number of phenolic OH excluding ortho intramolecular Hbond substituents is 1. The average Bonchev–Trinajstić information content (AvgIpc) is 2.77. The van der Waals surface area contributed by atoms with Crippen LogP contribution in [0.3, 0.4) is 0 Å². The fourth-order valence-corrected chi connectivity index (χ4v) is 3.34. The molecule has 9 nitrogen and oxygen atoms in total. The summed E-state index contributed by atoms with van der Waals surface area (Å²) in [6.07, 6.45) is -0.748. The van der Waals surface area contributed by atoms with Crippen LogP contribution >= 0.6 is 11.6 Å². The summed E-state index contributed by atoms with van der Waals surface area (Å²) in [7, 11) is 0. The monoisotopic (exact) mass is 490 g/mol. The Labute approximate surface area is 201 Å². The zero-order valence-corrected chi connectivity index (χ0v) is 19.5. The second-order valence-electron chi connectivity index (χ2n) is 8.36. The molecule has 5 N–H and O–H groups in total. The average molecular weight is 491 g/mol. The van der Waals surface area contributed by atoms with Crippen LogP contribution in [0.2, 0.25) is 5.02 Å². The number of phenols is 1. The van der Waals surface area contributed by atoms with E-state index in [2.05, 4.69) is 10.6 Å². The molecule has 10 heteroatoms. The minimum Gasteiger partial charge on any atom is -0.508 e. The van der Waals surface area contributed by atoms with E-state index in [4.69, 9.17) is 16.7 Å². The number of carbonyl (C=O) groups is 4. The number of halogens is 1. The lowest BCUT2D eigenvalue weighted by atomic mass is 9.83. The van der Waals surface area contributed by atoms with Gasteiger partial charge in [0, 0.05) is 17.9 Å². The molecule has 182 valence electrons. The van der Waals surface area contributed by atoms with Gasteiger partial charge in [0.25, 0.3) is 0 Å². The van der Waals surface area contributed by atoms with Crippen molar-refractivity contribution in [2.75, 3.05) is 0 Å². The molecule has 0 aliphatic carbocycles. The molecule has 0 aromatic heterocycles. The Bertz CT molecular complexity index is 1040. The van der Waals surface area contributed by atoms with Gasteiger partial charge in [-0.15, -0.1) is 0 Å². The van der Waals surface area contributed by atoms with Gasteiger partial charge in [-0.3, -0.25) is 14.4 Å². The second kappa shape index (κ2) is 11.5. The third-order valence-corrected chi connectivity index (χ3v) is 5.64. The molecule has 0 radical (unpaired) electrons. The molecule has 0 aliphatic heterocycles. The molecule has 34 heavy (non-hydrogen) atoms. The molecule has 0 heterocycles. The van der Waals surface area contributed by atoms with Crippen LogP contribution in [0, 0.1) is 0 Å². The van der Waals surface area contributed by atoms with Gasteiger partial charge in [0.15, 0.2) is 0 Å². The van der Waals surface area contributed by atoms with Crippen molar-refractivity contribution in [1.82, 2.24) is 10.6 Å². The van der Waals surface area contributed by atoms with Crippen LogP contribution in [0.15, 0.2) is 48.5 Å². The first-order valence-corrected chi connectivity index (χ1v) is 10.9. The van der Waals surface area contributed by atoms with Gasteiger partial charge >= 0.3 is 11.9 Å². The minimum absolute atomic E-state index is 0.0137. The Hall–Kier alpha value is -3.59. The molecular formula is C24H27ClN2O7. The molecule has 2 amide bonds. The lowest BCUT2D eigenvalue weighted by Crippen LogP contribution is -2.55. The number of carbonyl (C=O) groups excluding carboxylic acids is 2. The summed E-state index contributed by atoms with van der Waals surface area (Å²) in [6.45, 7) is 3.35. The highest BCUT2D eigenvalue weighted by Gasteiger charge is 2.34. The normalized spacial score (nSPS) is 12.9. The predicted molar refractivity (Wildman–Crippen MR) is 125 cm³/mol. The van der Waals surface area contributed by atoms with Crippen LogP contribution in [0.4, 0.5) is 0 Å². The number of nitrogens with one attached hydrogen (secondary N) is 2.